The maximum absolute atomic E-state index is 3.57. The second-order valence-electron chi connectivity index (χ2n) is 6.29. The first-order valence-corrected chi connectivity index (χ1v) is 7.68. The third kappa shape index (κ3) is 4.26. The van der Waals surface area contributed by atoms with E-state index in [1.807, 2.05) is 0 Å². The van der Waals surface area contributed by atoms with Gasteiger partial charge in [0.1, 0.15) is 0 Å². The summed E-state index contributed by atoms with van der Waals surface area (Å²) in [5, 5.41) is 3.57. The van der Waals surface area contributed by atoms with Gasteiger partial charge in [-0.25, -0.2) is 0 Å². The molecule has 2 unspecified atom stereocenters. The molecule has 0 spiro atoms. The van der Waals surface area contributed by atoms with E-state index in [0.29, 0.717) is 0 Å². The van der Waals surface area contributed by atoms with Gasteiger partial charge in [0.15, 0.2) is 0 Å². The number of hydrogen-bond donors (Lipinski definition) is 1. The third-order valence-corrected chi connectivity index (χ3v) is 4.42. The largest absolute Gasteiger partial charge is 0.316 e. The van der Waals surface area contributed by atoms with Crippen LogP contribution < -0.4 is 5.32 Å². The van der Waals surface area contributed by atoms with Crippen molar-refractivity contribution in [3.05, 3.63) is 0 Å². The fourth-order valence-corrected chi connectivity index (χ4v) is 2.66. The van der Waals surface area contributed by atoms with Gasteiger partial charge in [-0.2, -0.15) is 0 Å². The minimum Gasteiger partial charge on any atom is -0.316 e. The van der Waals surface area contributed by atoms with Crippen LogP contribution in [-0.4, -0.2) is 36.6 Å². The van der Waals surface area contributed by atoms with E-state index in [1.165, 1.54) is 51.7 Å². The SMILES string of the molecule is CCCNCC(C)C(C)N(CC1CC1)C1CC1. The van der Waals surface area contributed by atoms with E-state index in [2.05, 4.69) is 31.0 Å². The molecule has 0 bridgehead atoms. The number of hydrogen-bond acceptors (Lipinski definition) is 2. The van der Waals surface area contributed by atoms with Gasteiger partial charge in [0.2, 0.25) is 0 Å². The molecule has 0 heterocycles. The fourth-order valence-electron chi connectivity index (χ4n) is 2.66. The summed E-state index contributed by atoms with van der Waals surface area (Å²) in [7, 11) is 0. The molecule has 100 valence electrons. The Balaban J connectivity index is 1.75. The average molecular weight is 238 g/mol. The molecule has 2 rings (SSSR count). The normalized spacial score (nSPS) is 24.0. The van der Waals surface area contributed by atoms with Crippen LogP contribution >= 0.6 is 0 Å². The van der Waals surface area contributed by atoms with E-state index in [-0.39, 0.29) is 0 Å². The molecule has 0 aromatic rings. The quantitative estimate of drug-likeness (QED) is 0.621. The Hall–Kier alpha value is -0.0800. The number of nitrogens with one attached hydrogen (secondary N) is 1. The Kier molecular flexibility index (Phi) is 4.87. The molecular weight excluding hydrogens is 208 g/mol. The van der Waals surface area contributed by atoms with Crippen LogP contribution in [0.5, 0.6) is 0 Å². The van der Waals surface area contributed by atoms with Gasteiger partial charge in [0.25, 0.3) is 0 Å². The Labute approximate surface area is 107 Å². The van der Waals surface area contributed by atoms with Gasteiger partial charge >= 0.3 is 0 Å². The summed E-state index contributed by atoms with van der Waals surface area (Å²) >= 11 is 0. The average Bonchev–Trinajstić information content (AvgIpc) is 3.16. The van der Waals surface area contributed by atoms with E-state index in [9.17, 15) is 0 Å². The highest BCUT2D eigenvalue weighted by atomic mass is 15.2. The molecule has 2 fully saturated rings. The predicted octanol–water partition coefficient (Wildman–Crippen LogP) is 2.89. The van der Waals surface area contributed by atoms with Crippen molar-refractivity contribution in [1.82, 2.24) is 10.2 Å². The lowest BCUT2D eigenvalue weighted by Crippen LogP contribution is -2.43. The zero-order valence-corrected chi connectivity index (χ0v) is 11.9. The number of nitrogens with zero attached hydrogens (tertiary/aromatic N) is 1. The first-order chi connectivity index (χ1) is 8.22. The van der Waals surface area contributed by atoms with Crippen LogP contribution in [0.2, 0.25) is 0 Å². The standard InChI is InChI=1S/C15H30N2/c1-4-9-16-10-12(2)13(3)17(15-7-8-15)11-14-5-6-14/h12-16H,4-11H2,1-3H3. The molecule has 2 heteroatoms. The van der Waals surface area contributed by atoms with Crippen LogP contribution in [0.15, 0.2) is 0 Å². The van der Waals surface area contributed by atoms with E-state index in [4.69, 9.17) is 0 Å². The molecular formula is C15H30N2. The minimum atomic E-state index is 0.757. The van der Waals surface area contributed by atoms with E-state index < -0.39 is 0 Å². The maximum atomic E-state index is 3.57. The zero-order valence-electron chi connectivity index (χ0n) is 11.9. The summed E-state index contributed by atoms with van der Waals surface area (Å²) in [5.74, 6) is 1.81. The van der Waals surface area contributed by atoms with Gasteiger partial charge in [-0.3, -0.25) is 4.90 Å². The molecule has 2 aliphatic rings. The Bertz CT molecular complexity index is 221. The lowest BCUT2D eigenvalue weighted by Gasteiger charge is -2.33. The van der Waals surface area contributed by atoms with Gasteiger partial charge in [-0.15, -0.1) is 0 Å². The van der Waals surface area contributed by atoms with Crippen LogP contribution in [0.25, 0.3) is 0 Å². The summed E-state index contributed by atoms with van der Waals surface area (Å²) in [6.07, 6.45) is 7.12. The van der Waals surface area contributed by atoms with Crippen molar-refractivity contribution < 1.29 is 0 Å². The van der Waals surface area contributed by atoms with Crippen molar-refractivity contribution >= 4 is 0 Å². The molecule has 2 nitrogen and oxygen atoms in total. The summed E-state index contributed by atoms with van der Waals surface area (Å²) in [6, 6.07) is 1.69. The summed E-state index contributed by atoms with van der Waals surface area (Å²) in [4.78, 5) is 2.82. The maximum Gasteiger partial charge on any atom is 0.0108 e. The van der Waals surface area contributed by atoms with Crippen LogP contribution in [0.4, 0.5) is 0 Å². The summed E-state index contributed by atoms with van der Waals surface area (Å²) in [6.45, 7) is 10.8. The Morgan fingerprint density at radius 2 is 1.88 bits per heavy atom. The number of rotatable bonds is 9. The highest BCUT2D eigenvalue weighted by molar-refractivity contribution is 4.92. The van der Waals surface area contributed by atoms with Crippen molar-refractivity contribution in [2.24, 2.45) is 11.8 Å². The molecule has 0 saturated heterocycles. The van der Waals surface area contributed by atoms with Gasteiger partial charge in [-0.1, -0.05) is 13.8 Å². The molecule has 2 aliphatic carbocycles. The van der Waals surface area contributed by atoms with Gasteiger partial charge in [0.05, 0.1) is 0 Å². The molecule has 1 N–H and O–H groups in total. The summed E-state index contributed by atoms with van der Waals surface area (Å²) < 4.78 is 0. The first-order valence-electron chi connectivity index (χ1n) is 7.68. The Morgan fingerprint density at radius 3 is 2.41 bits per heavy atom. The molecule has 0 aromatic carbocycles. The van der Waals surface area contributed by atoms with Crippen molar-refractivity contribution in [1.29, 1.82) is 0 Å². The molecule has 0 amide bonds. The van der Waals surface area contributed by atoms with Crippen molar-refractivity contribution in [2.75, 3.05) is 19.6 Å². The lowest BCUT2D eigenvalue weighted by molar-refractivity contribution is 0.144. The smallest absolute Gasteiger partial charge is 0.0108 e. The van der Waals surface area contributed by atoms with Crippen molar-refractivity contribution in [3.8, 4) is 0 Å². The fraction of sp³-hybridized carbons (Fsp3) is 1.00. The molecule has 2 saturated carbocycles. The molecule has 0 aliphatic heterocycles. The lowest BCUT2D eigenvalue weighted by atomic mass is 10.0. The van der Waals surface area contributed by atoms with Gasteiger partial charge < -0.3 is 5.32 Å². The predicted molar refractivity (Wildman–Crippen MR) is 74.2 cm³/mol. The molecule has 0 aromatic heterocycles. The van der Waals surface area contributed by atoms with E-state index in [1.54, 1.807) is 0 Å². The van der Waals surface area contributed by atoms with E-state index >= 15 is 0 Å². The van der Waals surface area contributed by atoms with Crippen LogP contribution in [-0.2, 0) is 0 Å². The molecule has 0 radical (unpaired) electrons. The first kappa shape index (κ1) is 13.4. The summed E-state index contributed by atoms with van der Waals surface area (Å²) in [5.41, 5.74) is 0. The van der Waals surface area contributed by atoms with Crippen LogP contribution in [0, 0.1) is 11.8 Å². The highest BCUT2D eigenvalue weighted by Gasteiger charge is 2.37. The minimum absolute atomic E-state index is 0.757. The third-order valence-electron chi connectivity index (χ3n) is 4.42. The van der Waals surface area contributed by atoms with Gasteiger partial charge in [-0.05, 0) is 64.0 Å². The second-order valence-corrected chi connectivity index (χ2v) is 6.29. The van der Waals surface area contributed by atoms with Crippen LogP contribution in [0.3, 0.4) is 0 Å². The Morgan fingerprint density at radius 1 is 1.18 bits per heavy atom. The highest BCUT2D eigenvalue weighted by Crippen LogP contribution is 2.36. The second kappa shape index (κ2) is 6.19. The topological polar surface area (TPSA) is 15.3 Å². The molecule has 17 heavy (non-hydrogen) atoms. The van der Waals surface area contributed by atoms with Crippen LogP contribution in [0.1, 0.15) is 52.9 Å². The molecule has 2 atom stereocenters. The monoisotopic (exact) mass is 238 g/mol. The van der Waals surface area contributed by atoms with E-state index in [0.717, 1.165) is 23.9 Å². The van der Waals surface area contributed by atoms with Crippen molar-refractivity contribution in [3.63, 3.8) is 0 Å². The zero-order chi connectivity index (χ0) is 12.3. The van der Waals surface area contributed by atoms with Gasteiger partial charge in [0, 0.05) is 18.6 Å². The van der Waals surface area contributed by atoms with Crippen molar-refractivity contribution in [2.45, 2.75) is 65.0 Å².